The Bertz CT molecular complexity index is 658. The van der Waals surface area contributed by atoms with Gasteiger partial charge in [0.2, 0.25) is 0 Å². The van der Waals surface area contributed by atoms with Crippen LogP contribution in [0.3, 0.4) is 0 Å². The summed E-state index contributed by atoms with van der Waals surface area (Å²) in [5.41, 5.74) is 2.07. The highest BCUT2D eigenvalue weighted by Gasteiger charge is 2.26. The zero-order valence-corrected chi connectivity index (χ0v) is 11.6. The van der Waals surface area contributed by atoms with E-state index in [4.69, 9.17) is 16.3 Å². The number of halogens is 1. The molecule has 0 bridgehead atoms. The van der Waals surface area contributed by atoms with E-state index in [2.05, 4.69) is 10.3 Å². The number of pyridine rings is 1. The molecule has 1 aromatic carbocycles. The van der Waals surface area contributed by atoms with Crippen LogP contribution in [0, 0.1) is 0 Å². The van der Waals surface area contributed by atoms with Crippen LogP contribution in [0.4, 0.5) is 5.69 Å². The Hall–Kier alpha value is -2.07. The van der Waals surface area contributed by atoms with Crippen LogP contribution in [0.1, 0.15) is 22.8 Å². The number of amides is 1. The van der Waals surface area contributed by atoms with Crippen molar-refractivity contribution in [3.05, 3.63) is 52.8 Å². The van der Waals surface area contributed by atoms with Gasteiger partial charge in [-0.2, -0.15) is 0 Å². The first-order chi connectivity index (χ1) is 9.63. The second-order valence-electron chi connectivity index (χ2n) is 4.77. The first-order valence-electron chi connectivity index (χ1n) is 6.34. The van der Waals surface area contributed by atoms with Gasteiger partial charge in [-0.1, -0.05) is 11.6 Å². The molecule has 0 saturated heterocycles. The monoisotopic (exact) mass is 288 g/mol. The number of hydrogen-bond acceptors (Lipinski definition) is 3. The van der Waals surface area contributed by atoms with Gasteiger partial charge in [0.25, 0.3) is 5.91 Å². The number of nitrogens with one attached hydrogen (secondary N) is 1. The molecule has 0 radical (unpaired) electrons. The fraction of sp³-hybridized carbons (Fsp3) is 0.200. The molecule has 2 aromatic rings. The zero-order valence-electron chi connectivity index (χ0n) is 10.9. The smallest absolute Gasteiger partial charge is 0.259 e. The van der Waals surface area contributed by atoms with Crippen molar-refractivity contribution in [1.29, 1.82) is 0 Å². The SMILES string of the molecule is CC1Cc2cc(Cl)cc(C(=O)Nc3cccnc3)c2O1. The normalized spacial score (nSPS) is 16.4. The minimum Gasteiger partial charge on any atom is -0.489 e. The molecule has 5 heteroatoms. The maximum atomic E-state index is 12.4. The van der Waals surface area contributed by atoms with Gasteiger partial charge in [-0.05, 0) is 31.2 Å². The van der Waals surface area contributed by atoms with Crippen molar-refractivity contribution < 1.29 is 9.53 Å². The molecule has 1 aliphatic rings. The molecule has 0 saturated carbocycles. The van der Waals surface area contributed by atoms with Crippen molar-refractivity contribution in [3.63, 3.8) is 0 Å². The number of aromatic nitrogens is 1. The number of ether oxygens (including phenoxy) is 1. The van der Waals surface area contributed by atoms with Gasteiger partial charge in [-0.15, -0.1) is 0 Å². The van der Waals surface area contributed by atoms with Gasteiger partial charge in [-0.3, -0.25) is 9.78 Å². The van der Waals surface area contributed by atoms with E-state index in [-0.39, 0.29) is 12.0 Å². The summed E-state index contributed by atoms with van der Waals surface area (Å²) in [6.07, 6.45) is 4.07. The van der Waals surface area contributed by atoms with Crippen LogP contribution in [0.2, 0.25) is 5.02 Å². The lowest BCUT2D eigenvalue weighted by molar-refractivity contribution is 0.102. The van der Waals surface area contributed by atoms with Crippen molar-refractivity contribution in [2.75, 3.05) is 5.32 Å². The number of carbonyl (C=O) groups excluding carboxylic acids is 1. The summed E-state index contributed by atoms with van der Waals surface area (Å²) in [5.74, 6) is 0.383. The largest absolute Gasteiger partial charge is 0.489 e. The van der Waals surface area contributed by atoms with Crippen LogP contribution in [0.25, 0.3) is 0 Å². The number of rotatable bonds is 2. The summed E-state index contributed by atoms with van der Waals surface area (Å²) in [7, 11) is 0. The molecule has 1 aliphatic heterocycles. The Morgan fingerprint density at radius 1 is 1.50 bits per heavy atom. The Morgan fingerprint density at radius 3 is 3.10 bits per heavy atom. The van der Waals surface area contributed by atoms with Crippen molar-refractivity contribution in [1.82, 2.24) is 4.98 Å². The summed E-state index contributed by atoms with van der Waals surface area (Å²) in [6.45, 7) is 1.97. The maximum Gasteiger partial charge on any atom is 0.259 e. The molecule has 0 spiro atoms. The van der Waals surface area contributed by atoms with Gasteiger partial charge in [-0.25, -0.2) is 0 Å². The third kappa shape index (κ3) is 2.47. The standard InChI is InChI=1S/C15H13ClN2O2/c1-9-5-10-6-11(16)7-13(14(10)20-9)15(19)18-12-3-2-4-17-8-12/h2-4,6-9H,5H2,1H3,(H,18,19). The number of hydrogen-bond donors (Lipinski definition) is 1. The molecule has 20 heavy (non-hydrogen) atoms. The van der Waals surface area contributed by atoms with Gasteiger partial charge in [0.05, 0.1) is 17.4 Å². The van der Waals surface area contributed by atoms with E-state index in [1.165, 1.54) is 0 Å². The first kappa shape index (κ1) is 12.9. The number of carbonyl (C=O) groups is 1. The molecule has 2 heterocycles. The van der Waals surface area contributed by atoms with E-state index < -0.39 is 0 Å². The van der Waals surface area contributed by atoms with Crippen molar-refractivity contribution in [2.24, 2.45) is 0 Å². The molecule has 3 rings (SSSR count). The van der Waals surface area contributed by atoms with E-state index in [9.17, 15) is 4.79 Å². The fourth-order valence-corrected chi connectivity index (χ4v) is 2.54. The average molecular weight is 289 g/mol. The quantitative estimate of drug-likeness (QED) is 0.922. The Kier molecular flexibility index (Phi) is 3.32. The second-order valence-corrected chi connectivity index (χ2v) is 5.21. The lowest BCUT2D eigenvalue weighted by Crippen LogP contribution is -2.14. The van der Waals surface area contributed by atoms with Crippen LogP contribution in [-0.4, -0.2) is 17.0 Å². The summed E-state index contributed by atoms with van der Waals surface area (Å²) in [4.78, 5) is 16.3. The summed E-state index contributed by atoms with van der Waals surface area (Å²) in [6, 6.07) is 7.01. The summed E-state index contributed by atoms with van der Waals surface area (Å²) >= 11 is 6.08. The van der Waals surface area contributed by atoms with Crippen LogP contribution in [-0.2, 0) is 6.42 Å². The molecular weight excluding hydrogens is 276 g/mol. The highest BCUT2D eigenvalue weighted by Crippen LogP contribution is 2.35. The molecule has 1 N–H and O–H groups in total. The molecule has 4 nitrogen and oxygen atoms in total. The lowest BCUT2D eigenvalue weighted by atomic mass is 10.1. The maximum absolute atomic E-state index is 12.4. The first-order valence-corrected chi connectivity index (χ1v) is 6.72. The van der Waals surface area contributed by atoms with Crippen molar-refractivity contribution in [3.8, 4) is 5.75 Å². The molecular formula is C15H13ClN2O2. The van der Waals surface area contributed by atoms with E-state index in [1.807, 2.05) is 13.0 Å². The highest BCUT2D eigenvalue weighted by atomic mass is 35.5. The second kappa shape index (κ2) is 5.13. The topological polar surface area (TPSA) is 51.2 Å². The van der Waals surface area contributed by atoms with E-state index >= 15 is 0 Å². The highest BCUT2D eigenvalue weighted by molar-refractivity contribution is 6.31. The fourth-order valence-electron chi connectivity index (χ4n) is 2.30. The van der Waals surface area contributed by atoms with Crippen molar-refractivity contribution >= 4 is 23.2 Å². The number of anilines is 1. The number of nitrogens with zero attached hydrogens (tertiary/aromatic N) is 1. The molecule has 0 aliphatic carbocycles. The Balaban J connectivity index is 1.93. The van der Waals surface area contributed by atoms with Crippen LogP contribution in [0.5, 0.6) is 5.75 Å². The Morgan fingerprint density at radius 2 is 2.35 bits per heavy atom. The lowest BCUT2D eigenvalue weighted by Gasteiger charge is -2.10. The van der Waals surface area contributed by atoms with Crippen LogP contribution >= 0.6 is 11.6 Å². The van der Waals surface area contributed by atoms with Gasteiger partial charge >= 0.3 is 0 Å². The molecule has 1 aromatic heterocycles. The van der Waals surface area contributed by atoms with Crippen LogP contribution in [0.15, 0.2) is 36.7 Å². The third-order valence-corrected chi connectivity index (χ3v) is 3.34. The van der Waals surface area contributed by atoms with Gasteiger partial charge < -0.3 is 10.1 Å². The van der Waals surface area contributed by atoms with Gasteiger partial charge in [0.15, 0.2) is 0 Å². The summed E-state index contributed by atoms with van der Waals surface area (Å²) in [5, 5.41) is 3.33. The van der Waals surface area contributed by atoms with Crippen molar-refractivity contribution in [2.45, 2.75) is 19.4 Å². The van der Waals surface area contributed by atoms with Gasteiger partial charge in [0, 0.05) is 23.2 Å². The average Bonchev–Trinajstić information content (AvgIpc) is 2.78. The van der Waals surface area contributed by atoms with E-state index in [1.54, 1.807) is 30.6 Å². The molecule has 1 atom stereocenters. The third-order valence-electron chi connectivity index (χ3n) is 3.12. The predicted molar refractivity (Wildman–Crippen MR) is 77.4 cm³/mol. The van der Waals surface area contributed by atoms with Gasteiger partial charge in [0.1, 0.15) is 11.9 Å². The number of benzene rings is 1. The number of fused-ring (bicyclic) bond motifs is 1. The molecule has 1 amide bonds. The van der Waals surface area contributed by atoms with E-state index in [0.29, 0.717) is 22.0 Å². The molecule has 1 unspecified atom stereocenters. The molecule has 0 fully saturated rings. The predicted octanol–water partition coefficient (Wildman–Crippen LogP) is 3.31. The minimum absolute atomic E-state index is 0.0633. The van der Waals surface area contributed by atoms with E-state index in [0.717, 1.165) is 12.0 Å². The Labute approximate surface area is 121 Å². The summed E-state index contributed by atoms with van der Waals surface area (Å²) < 4.78 is 5.72. The minimum atomic E-state index is -0.245. The zero-order chi connectivity index (χ0) is 14.1. The van der Waals surface area contributed by atoms with Crippen LogP contribution < -0.4 is 10.1 Å². The molecule has 102 valence electrons.